The summed E-state index contributed by atoms with van der Waals surface area (Å²) in [5.74, 6) is 0.230. The number of aromatic nitrogens is 1. The molecule has 4 aromatic rings. The van der Waals surface area contributed by atoms with Gasteiger partial charge in [0.2, 0.25) is 0 Å². The number of pyridine rings is 1. The molecule has 4 rings (SSSR count). The average Bonchev–Trinajstić information content (AvgIpc) is 2.71. The minimum Gasteiger partial charge on any atom is -0.263 e. The van der Waals surface area contributed by atoms with E-state index in [4.69, 9.17) is 0 Å². The van der Waals surface area contributed by atoms with Crippen molar-refractivity contribution in [3.8, 4) is 11.1 Å². The lowest BCUT2D eigenvalue weighted by atomic mass is 10.0. The Balaban J connectivity index is 1.68. The van der Waals surface area contributed by atoms with Crippen molar-refractivity contribution < 1.29 is 16.8 Å². The molecule has 0 unspecified atom stereocenters. The van der Waals surface area contributed by atoms with Gasteiger partial charge in [0.05, 0.1) is 15.3 Å². The van der Waals surface area contributed by atoms with Gasteiger partial charge in [-0.3, -0.25) is 4.72 Å². The number of anilines is 1. The second kappa shape index (κ2) is 8.28. The first-order valence-electron chi connectivity index (χ1n) is 10.3. The topological polar surface area (TPSA) is 93.2 Å². The lowest BCUT2D eigenvalue weighted by Gasteiger charge is -2.14. The second-order valence-electron chi connectivity index (χ2n) is 8.24. The van der Waals surface area contributed by atoms with E-state index in [0.29, 0.717) is 16.6 Å². The van der Waals surface area contributed by atoms with Crippen molar-refractivity contribution in [3.63, 3.8) is 0 Å². The lowest BCUT2D eigenvalue weighted by Crippen LogP contribution is -2.16. The Kier molecular flexibility index (Phi) is 5.76. The summed E-state index contributed by atoms with van der Waals surface area (Å²) in [4.78, 5) is 4.98. The van der Waals surface area contributed by atoms with Crippen LogP contribution in [0.5, 0.6) is 0 Å². The third kappa shape index (κ3) is 4.77. The van der Waals surface area contributed by atoms with E-state index in [-0.39, 0.29) is 15.6 Å². The highest BCUT2D eigenvalue weighted by atomic mass is 32.2. The van der Waals surface area contributed by atoms with Crippen LogP contribution in [-0.4, -0.2) is 28.1 Å². The maximum Gasteiger partial charge on any atom is 0.263 e. The van der Waals surface area contributed by atoms with Crippen molar-refractivity contribution in [2.75, 3.05) is 11.0 Å². The highest BCUT2D eigenvalue weighted by Crippen LogP contribution is 2.28. The third-order valence-electron chi connectivity index (χ3n) is 5.40. The second-order valence-corrected chi connectivity index (χ2v) is 11.9. The number of fused-ring (bicyclic) bond motifs is 1. The molecule has 3 aromatic carbocycles. The lowest BCUT2D eigenvalue weighted by molar-refractivity contribution is 0.598. The Morgan fingerprint density at radius 1 is 0.758 bits per heavy atom. The number of sulfonamides is 1. The summed E-state index contributed by atoms with van der Waals surface area (Å²) in [6.45, 7) is 5.49. The summed E-state index contributed by atoms with van der Waals surface area (Å²) in [6.07, 6.45) is 1.18. The van der Waals surface area contributed by atoms with Gasteiger partial charge in [0.15, 0.2) is 9.84 Å². The van der Waals surface area contributed by atoms with Crippen molar-refractivity contribution in [1.29, 1.82) is 0 Å². The first kappa shape index (κ1) is 22.9. The van der Waals surface area contributed by atoms with Crippen molar-refractivity contribution in [2.45, 2.75) is 30.6 Å². The van der Waals surface area contributed by atoms with Crippen LogP contribution in [0.1, 0.15) is 16.7 Å². The molecular weight excluding hydrogens is 456 g/mol. The fraction of sp³-hybridized carbons (Fsp3) is 0.160. The normalized spacial score (nSPS) is 12.1. The molecular formula is C25H24N2O4S2. The van der Waals surface area contributed by atoms with Crippen LogP contribution in [0.4, 0.5) is 5.82 Å². The molecule has 8 heteroatoms. The number of sulfone groups is 1. The molecule has 0 atom stereocenters. The van der Waals surface area contributed by atoms with Crippen LogP contribution in [0.15, 0.2) is 76.5 Å². The van der Waals surface area contributed by atoms with Crippen LogP contribution < -0.4 is 4.72 Å². The Morgan fingerprint density at radius 3 is 2.09 bits per heavy atom. The fourth-order valence-corrected chi connectivity index (χ4v) is 6.17. The van der Waals surface area contributed by atoms with E-state index in [2.05, 4.69) is 9.71 Å². The van der Waals surface area contributed by atoms with E-state index >= 15 is 0 Å². The molecule has 0 amide bonds. The van der Waals surface area contributed by atoms with Crippen molar-refractivity contribution in [3.05, 3.63) is 83.4 Å². The van der Waals surface area contributed by atoms with Crippen LogP contribution in [0.2, 0.25) is 0 Å². The van der Waals surface area contributed by atoms with Gasteiger partial charge in [0.25, 0.3) is 10.0 Å². The van der Waals surface area contributed by atoms with Gasteiger partial charge in [0.1, 0.15) is 5.82 Å². The van der Waals surface area contributed by atoms with Crippen LogP contribution in [0.25, 0.3) is 22.0 Å². The molecule has 1 aromatic heterocycles. The van der Waals surface area contributed by atoms with E-state index < -0.39 is 19.9 Å². The van der Waals surface area contributed by atoms with Gasteiger partial charge in [0, 0.05) is 11.6 Å². The van der Waals surface area contributed by atoms with E-state index in [1.165, 1.54) is 6.26 Å². The van der Waals surface area contributed by atoms with Gasteiger partial charge in [-0.15, -0.1) is 0 Å². The maximum absolute atomic E-state index is 13.0. The number of hydrogen-bond donors (Lipinski definition) is 1. The van der Waals surface area contributed by atoms with E-state index in [1.807, 2.05) is 37.3 Å². The van der Waals surface area contributed by atoms with Crippen LogP contribution in [-0.2, 0) is 19.9 Å². The first-order valence-corrected chi connectivity index (χ1v) is 13.6. The molecule has 0 aliphatic carbocycles. The number of nitrogens with zero attached hydrogens (tertiary/aromatic N) is 1. The molecule has 33 heavy (non-hydrogen) atoms. The summed E-state index contributed by atoms with van der Waals surface area (Å²) in [5.41, 5.74) is 4.61. The molecule has 0 aliphatic rings. The zero-order valence-electron chi connectivity index (χ0n) is 18.7. The minimum absolute atomic E-state index is 0.230. The summed E-state index contributed by atoms with van der Waals surface area (Å²) in [5, 5.41) is 0.808. The molecule has 0 radical (unpaired) electrons. The Morgan fingerprint density at radius 2 is 1.42 bits per heavy atom. The average molecular weight is 481 g/mol. The summed E-state index contributed by atoms with van der Waals surface area (Å²) in [6, 6.07) is 19.4. The first-order chi connectivity index (χ1) is 15.4. The number of hydrogen-bond acceptors (Lipinski definition) is 5. The molecule has 0 fully saturated rings. The molecule has 0 spiro atoms. The van der Waals surface area contributed by atoms with Crippen molar-refractivity contribution in [2.24, 2.45) is 0 Å². The quantitative estimate of drug-likeness (QED) is 0.432. The van der Waals surface area contributed by atoms with E-state index in [9.17, 15) is 16.8 Å². The highest BCUT2D eigenvalue weighted by Gasteiger charge is 2.20. The summed E-state index contributed by atoms with van der Waals surface area (Å²) in [7, 11) is -7.11. The number of rotatable bonds is 5. The Bertz CT molecular complexity index is 1590. The molecule has 0 bridgehead atoms. The van der Waals surface area contributed by atoms with Crippen LogP contribution >= 0.6 is 0 Å². The molecule has 0 saturated heterocycles. The van der Waals surface area contributed by atoms with E-state index in [1.54, 1.807) is 50.2 Å². The van der Waals surface area contributed by atoms with Gasteiger partial charge in [-0.2, -0.15) is 0 Å². The molecule has 170 valence electrons. The van der Waals surface area contributed by atoms with E-state index in [0.717, 1.165) is 22.1 Å². The number of nitrogens with one attached hydrogen (secondary N) is 1. The van der Waals surface area contributed by atoms with Gasteiger partial charge >= 0.3 is 0 Å². The Hall–Kier alpha value is -3.23. The standard InChI is InChI=1S/C25H24N2O4S2/c1-16-12-17(2)25(18(3)13-16)33(30,31)27-24-11-9-21-14-20(8-10-23(21)26-24)19-6-5-7-22(15-19)32(4,28)29/h5-15H,1-4H3,(H,26,27). The van der Waals surface area contributed by atoms with Crippen molar-refractivity contribution >= 4 is 36.6 Å². The maximum atomic E-state index is 13.0. The fourth-order valence-electron chi connectivity index (χ4n) is 4.05. The Labute approximate surface area is 194 Å². The number of aryl methyl sites for hydroxylation is 3. The largest absolute Gasteiger partial charge is 0.263 e. The zero-order chi connectivity index (χ0) is 24.0. The van der Waals surface area contributed by atoms with Gasteiger partial charge in [-0.25, -0.2) is 21.8 Å². The molecule has 6 nitrogen and oxygen atoms in total. The minimum atomic E-state index is -3.80. The van der Waals surface area contributed by atoms with Crippen molar-refractivity contribution in [1.82, 2.24) is 4.98 Å². The summed E-state index contributed by atoms with van der Waals surface area (Å²) >= 11 is 0. The SMILES string of the molecule is Cc1cc(C)c(S(=O)(=O)Nc2ccc3cc(-c4cccc(S(C)(=O)=O)c4)ccc3n2)c(C)c1. The smallest absolute Gasteiger partial charge is 0.263 e. The van der Waals surface area contributed by atoms with Gasteiger partial charge in [-0.05, 0) is 79.4 Å². The zero-order valence-corrected chi connectivity index (χ0v) is 20.4. The third-order valence-corrected chi connectivity index (χ3v) is 8.17. The predicted molar refractivity (Wildman–Crippen MR) is 132 cm³/mol. The number of benzene rings is 3. The van der Waals surface area contributed by atoms with Crippen LogP contribution in [0.3, 0.4) is 0 Å². The summed E-state index contributed by atoms with van der Waals surface area (Å²) < 4.78 is 52.4. The molecule has 0 saturated carbocycles. The van der Waals surface area contributed by atoms with Gasteiger partial charge < -0.3 is 0 Å². The molecule has 1 N–H and O–H groups in total. The monoisotopic (exact) mass is 480 g/mol. The van der Waals surface area contributed by atoms with Gasteiger partial charge in [-0.1, -0.05) is 35.9 Å². The highest BCUT2D eigenvalue weighted by molar-refractivity contribution is 7.92. The molecule has 0 aliphatic heterocycles. The van der Waals surface area contributed by atoms with Crippen LogP contribution in [0, 0.1) is 20.8 Å². The molecule has 1 heterocycles. The predicted octanol–water partition coefficient (Wildman–Crippen LogP) is 5.03.